The Labute approximate surface area is 74.5 Å². The number of aliphatic hydroxyl groups excluding tert-OH is 1. The van der Waals surface area contributed by atoms with E-state index in [0.29, 0.717) is 24.8 Å². The quantitative estimate of drug-likeness (QED) is 0.685. The Morgan fingerprint density at radius 2 is 2.45 bits per heavy atom. The van der Waals surface area contributed by atoms with Gasteiger partial charge in [-0.2, -0.15) is 0 Å². The molecule has 0 aromatic carbocycles. The molecule has 0 aliphatic carbocycles. The number of carbonyl (C=O) groups excluding carboxylic acids is 1. The highest BCUT2D eigenvalue weighted by Gasteiger charge is 2.23. The molecule has 1 fully saturated rings. The fourth-order valence-corrected chi connectivity index (χ4v) is 1.55. The van der Waals surface area contributed by atoms with E-state index < -0.39 is 0 Å². The zero-order valence-corrected chi connectivity index (χ0v) is 7.88. The average molecular weight is 222 g/mol. The van der Waals surface area contributed by atoms with Crippen LogP contribution in [0.3, 0.4) is 0 Å². The van der Waals surface area contributed by atoms with Gasteiger partial charge in [-0.15, -0.1) is 0 Å². The zero-order chi connectivity index (χ0) is 8.27. The molecule has 3 nitrogen and oxygen atoms in total. The lowest BCUT2D eigenvalue weighted by atomic mass is 10.3. The Bertz CT molecular complexity index is 151. The molecule has 0 spiro atoms. The van der Waals surface area contributed by atoms with Crippen LogP contribution in [0.1, 0.15) is 12.8 Å². The van der Waals surface area contributed by atoms with Crippen molar-refractivity contribution in [3.8, 4) is 0 Å². The normalized spacial score (nSPS) is 24.2. The molecule has 1 saturated heterocycles. The van der Waals surface area contributed by atoms with Gasteiger partial charge in [0.15, 0.2) is 0 Å². The van der Waals surface area contributed by atoms with E-state index in [9.17, 15) is 4.79 Å². The van der Waals surface area contributed by atoms with E-state index >= 15 is 0 Å². The molecule has 64 valence electrons. The van der Waals surface area contributed by atoms with Crippen LogP contribution in [0.5, 0.6) is 0 Å². The first-order valence-electron chi connectivity index (χ1n) is 3.76. The molecule has 11 heavy (non-hydrogen) atoms. The first-order valence-corrected chi connectivity index (χ1v) is 4.88. The van der Waals surface area contributed by atoms with Crippen molar-refractivity contribution in [2.75, 3.05) is 18.4 Å². The number of hydrogen-bond acceptors (Lipinski definition) is 2. The lowest BCUT2D eigenvalue weighted by molar-refractivity contribution is -0.130. The SMILES string of the molecule is O=C(CCBr)N1CC[C@H](O)C1. The third kappa shape index (κ3) is 2.45. The van der Waals surface area contributed by atoms with Crippen molar-refractivity contribution in [1.82, 2.24) is 4.90 Å². The second kappa shape index (κ2) is 4.07. The fraction of sp³-hybridized carbons (Fsp3) is 0.857. The lowest BCUT2D eigenvalue weighted by Gasteiger charge is -2.13. The summed E-state index contributed by atoms with van der Waals surface area (Å²) >= 11 is 3.20. The summed E-state index contributed by atoms with van der Waals surface area (Å²) in [7, 11) is 0. The number of rotatable bonds is 2. The summed E-state index contributed by atoms with van der Waals surface area (Å²) < 4.78 is 0. The number of hydrogen-bond donors (Lipinski definition) is 1. The molecule has 0 aromatic rings. The van der Waals surface area contributed by atoms with E-state index in [4.69, 9.17) is 5.11 Å². The summed E-state index contributed by atoms with van der Waals surface area (Å²) in [5.74, 6) is 0.137. The van der Waals surface area contributed by atoms with Crippen molar-refractivity contribution in [3.05, 3.63) is 0 Å². The fourth-order valence-electron chi connectivity index (χ4n) is 1.21. The molecule has 0 radical (unpaired) electrons. The summed E-state index contributed by atoms with van der Waals surface area (Å²) in [4.78, 5) is 12.9. The van der Waals surface area contributed by atoms with Crippen molar-refractivity contribution in [1.29, 1.82) is 0 Å². The van der Waals surface area contributed by atoms with Crippen molar-refractivity contribution >= 4 is 21.8 Å². The van der Waals surface area contributed by atoms with Gasteiger partial charge in [0, 0.05) is 24.8 Å². The molecule has 0 aromatic heterocycles. The van der Waals surface area contributed by atoms with Crippen LogP contribution in [0.2, 0.25) is 0 Å². The van der Waals surface area contributed by atoms with Gasteiger partial charge in [-0.25, -0.2) is 0 Å². The van der Waals surface area contributed by atoms with Gasteiger partial charge in [0.05, 0.1) is 6.10 Å². The van der Waals surface area contributed by atoms with Gasteiger partial charge in [-0.1, -0.05) is 15.9 Å². The van der Waals surface area contributed by atoms with Crippen LogP contribution in [0.4, 0.5) is 0 Å². The van der Waals surface area contributed by atoms with E-state index in [0.717, 1.165) is 6.42 Å². The summed E-state index contributed by atoms with van der Waals surface area (Å²) in [6.07, 6.45) is 0.968. The first-order chi connectivity index (χ1) is 5.24. The third-order valence-corrected chi connectivity index (χ3v) is 2.22. The van der Waals surface area contributed by atoms with E-state index in [-0.39, 0.29) is 12.0 Å². The molecule has 1 rings (SSSR count). The van der Waals surface area contributed by atoms with E-state index in [1.165, 1.54) is 0 Å². The summed E-state index contributed by atoms with van der Waals surface area (Å²) in [6.45, 7) is 1.23. The molecule has 0 unspecified atom stereocenters. The average Bonchev–Trinajstić information content (AvgIpc) is 2.36. The Kier molecular flexibility index (Phi) is 3.33. The van der Waals surface area contributed by atoms with Gasteiger partial charge in [-0.3, -0.25) is 4.79 Å². The molecule has 1 amide bonds. The Balaban J connectivity index is 2.31. The van der Waals surface area contributed by atoms with Crippen LogP contribution < -0.4 is 0 Å². The van der Waals surface area contributed by atoms with Crippen LogP contribution in [0, 0.1) is 0 Å². The lowest BCUT2D eigenvalue weighted by Crippen LogP contribution is -2.29. The van der Waals surface area contributed by atoms with Gasteiger partial charge in [0.2, 0.25) is 5.91 Å². The maximum absolute atomic E-state index is 11.2. The smallest absolute Gasteiger partial charge is 0.223 e. The van der Waals surface area contributed by atoms with Crippen LogP contribution in [0.25, 0.3) is 0 Å². The zero-order valence-electron chi connectivity index (χ0n) is 6.29. The van der Waals surface area contributed by atoms with Crippen LogP contribution in [-0.2, 0) is 4.79 Å². The van der Waals surface area contributed by atoms with E-state index in [1.54, 1.807) is 4.90 Å². The Hall–Kier alpha value is -0.0900. The van der Waals surface area contributed by atoms with Gasteiger partial charge in [-0.05, 0) is 6.42 Å². The van der Waals surface area contributed by atoms with Gasteiger partial charge in [0.1, 0.15) is 0 Å². The highest BCUT2D eigenvalue weighted by molar-refractivity contribution is 9.09. The molecule has 1 aliphatic heterocycles. The van der Waals surface area contributed by atoms with Crippen LogP contribution >= 0.6 is 15.9 Å². The maximum Gasteiger partial charge on any atom is 0.223 e. The third-order valence-electron chi connectivity index (χ3n) is 1.82. The van der Waals surface area contributed by atoms with Gasteiger partial charge in [0.25, 0.3) is 0 Å². The van der Waals surface area contributed by atoms with Crippen LogP contribution in [0.15, 0.2) is 0 Å². The Morgan fingerprint density at radius 1 is 1.73 bits per heavy atom. The molecular weight excluding hydrogens is 210 g/mol. The molecule has 4 heteroatoms. The number of amides is 1. The number of halogens is 1. The molecule has 1 heterocycles. The highest BCUT2D eigenvalue weighted by Crippen LogP contribution is 2.10. The maximum atomic E-state index is 11.2. The number of likely N-dealkylation sites (tertiary alicyclic amines) is 1. The van der Waals surface area contributed by atoms with Crippen molar-refractivity contribution in [2.45, 2.75) is 18.9 Å². The predicted molar refractivity (Wildman–Crippen MR) is 45.6 cm³/mol. The summed E-state index contributed by atoms with van der Waals surface area (Å²) in [5, 5.41) is 9.82. The van der Waals surface area contributed by atoms with Crippen LogP contribution in [-0.4, -0.2) is 40.4 Å². The molecule has 0 bridgehead atoms. The standard InChI is InChI=1S/C7H12BrNO2/c8-3-1-7(11)9-4-2-6(10)5-9/h6,10H,1-5H2/t6-/m0/s1. The highest BCUT2D eigenvalue weighted by atomic mass is 79.9. The van der Waals surface area contributed by atoms with Gasteiger partial charge >= 0.3 is 0 Å². The second-order valence-corrected chi connectivity index (χ2v) is 3.51. The minimum Gasteiger partial charge on any atom is -0.391 e. The minimum absolute atomic E-state index is 0.137. The molecule has 1 atom stereocenters. The van der Waals surface area contributed by atoms with E-state index in [1.807, 2.05) is 0 Å². The van der Waals surface area contributed by atoms with Gasteiger partial charge < -0.3 is 10.0 Å². The molecule has 1 N–H and O–H groups in total. The number of carbonyl (C=O) groups is 1. The predicted octanol–water partition coefficient (Wildman–Crippen LogP) is 0.365. The summed E-state index contributed by atoms with van der Waals surface area (Å²) in [6, 6.07) is 0. The number of aliphatic hydroxyl groups is 1. The van der Waals surface area contributed by atoms with E-state index in [2.05, 4.69) is 15.9 Å². The number of nitrogens with zero attached hydrogens (tertiary/aromatic N) is 1. The summed E-state index contributed by atoms with van der Waals surface area (Å²) in [5.41, 5.74) is 0. The topological polar surface area (TPSA) is 40.5 Å². The Morgan fingerprint density at radius 3 is 2.91 bits per heavy atom. The number of β-amino-alcohol motifs (C(OH)–C–C–N with tert-alkyl or cyclic N) is 1. The first kappa shape index (κ1) is 9.00. The second-order valence-electron chi connectivity index (χ2n) is 2.72. The molecule has 0 saturated carbocycles. The van der Waals surface area contributed by atoms with Crippen molar-refractivity contribution in [2.24, 2.45) is 0 Å². The number of alkyl halides is 1. The molecule has 1 aliphatic rings. The van der Waals surface area contributed by atoms with Crippen molar-refractivity contribution in [3.63, 3.8) is 0 Å². The largest absolute Gasteiger partial charge is 0.391 e. The minimum atomic E-state index is -0.297. The molecular formula is C7H12BrNO2. The monoisotopic (exact) mass is 221 g/mol. The van der Waals surface area contributed by atoms with Crippen molar-refractivity contribution < 1.29 is 9.90 Å².